The molecule has 1 aromatic carbocycles. The summed E-state index contributed by atoms with van der Waals surface area (Å²) < 4.78 is 282. The second kappa shape index (κ2) is 9.61. The lowest BCUT2D eigenvalue weighted by Crippen LogP contribution is -2.77. The van der Waals surface area contributed by atoms with Crippen LogP contribution in [0.5, 0.6) is 0 Å². The molecule has 0 heterocycles. The smallest absolute Gasteiger partial charge is 0.385 e. The average Bonchev–Trinajstić information content (AvgIpc) is 2.77. The highest BCUT2D eigenvalue weighted by Gasteiger charge is 2.97. The lowest BCUT2D eigenvalue weighted by Gasteiger charge is -2.45. The van der Waals surface area contributed by atoms with Gasteiger partial charge < -0.3 is 5.11 Å². The molecular formula is C19H11F21O. The number of alkyl halides is 21. The molecule has 0 saturated carbocycles. The fraction of sp³-hybridized carbons (Fsp3) is 0.684. The Morgan fingerprint density at radius 3 is 1.00 bits per heavy atom. The van der Waals surface area contributed by atoms with Crippen LogP contribution in [0.25, 0.3) is 0 Å². The Kier molecular flexibility index (Phi) is 8.61. The van der Waals surface area contributed by atoms with E-state index in [4.69, 9.17) is 0 Å². The summed E-state index contributed by atoms with van der Waals surface area (Å²) in [6, 6.07) is 4.14. The third-order valence-corrected chi connectivity index (χ3v) is 5.54. The predicted octanol–water partition coefficient (Wildman–Crippen LogP) is 8.56. The van der Waals surface area contributed by atoms with Gasteiger partial charge in [0.05, 0.1) is 12.0 Å². The van der Waals surface area contributed by atoms with E-state index in [0.29, 0.717) is 12.1 Å². The summed E-state index contributed by atoms with van der Waals surface area (Å²) in [4.78, 5) is 0. The van der Waals surface area contributed by atoms with Gasteiger partial charge in [-0.05, 0) is 12.5 Å². The standard InChI is InChI=1S/C19H11F21O/c1-9(41,8-5-3-2-4-6-8)7-10(20,21)11(22,23)12(24,25)13(26,27)14(28,29)15(30,31)16(32,33)17(34,35)18(36,37)19(38,39)40/h2-6,41H,7H2,1H3. The SMILES string of the molecule is CC(O)(CC(F)(F)C(F)(F)C(F)(F)C(F)(F)C(F)(F)C(F)(F)C(F)(F)C(F)(F)C(F)(F)C(F)(F)F)c1ccccc1. The molecule has 0 bridgehead atoms. The zero-order chi connectivity index (χ0) is 33.3. The van der Waals surface area contributed by atoms with Crippen molar-refractivity contribution in [3.8, 4) is 0 Å². The van der Waals surface area contributed by atoms with E-state index in [1.165, 1.54) is 0 Å². The van der Waals surface area contributed by atoms with Crippen molar-refractivity contribution in [2.24, 2.45) is 0 Å². The molecule has 0 amide bonds. The van der Waals surface area contributed by atoms with Crippen molar-refractivity contribution in [3.63, 3.8) is 0 Å². The summed E-state index contributed by atoms with van der Waals surface area (Å²) in [6.45, 7) is 0.134. The van der Waals surface area contributed by atoms with Gasteiger partial charge in [0, 0.05) is 0 Å². The summed E-state index contributed by atoms with van der Waals surface area (Å²) in [5.74, 6) is -77.6. The van der Waals surface area contributed by atoms with Gasteiger partial charge in [-0.2, -0.15) is 92.2 Å². The van der Waals surface area contributed by atoms with Crippen molar-refractivity contribution in [3.05, 3.63) is 35.9 Å². The summed E-state index contributed by atoms with van der Waals surface area (Å²) >= 11 is 0. The molecule has 1 atom stereocenters. The maximum Gasteiger partial charge on any atom is 0.460 e. The van der Waals surface area contributed by atoms with Gasteiger partial charge in [-0.1, -0.05) is 30.3 Å². The molecule has 1 aromatic rings. The average molecular weight is 654 g/mol. The van der Waals surface area contributed by atoms with Crippen molar-refractivity contribution in [2.75, 3.05) is 0 Å². The van der Waals surface area contributed by atoms with Gasteiger partial charge in [0.1, 0.15) is 0 Å². The molecule has 0 radical (unpaired) electrons. The summed E-state index contributed by atoms with van der Waals surface area (Å²) in [7, 11) is 0. The van der Waals surface area contributed by atoms with E-state index in [1.807, 2.05) is 0 Å². The summed E-state index contributed by atoms with van der Waals surface area (Å²) in [5, 5.41) is 9.92. The minimum Gasteiger partial charge on any atom is -0.385 e. The van der Waals surface area contributed by atoms with Gasteiger partial charge in [-0.3, -0.25) is 0 Å². The highest BCUT2D eigenvalue weighted by molar-refractivity contribution is 5.23. The quantitative estimate of drug-likeness (QED) is 0.237. The van der Waals surface area contributed by atoms with E-state index in [1.54, 1.807) is 0 Å². The fourth-order valence-electron chi connectivity index (χ4n) is 3.03. The Labute approximate surface area is 212 Å². The maximum atomic E-state index is 14.2. The summed E-state index contributed by atoms with van der Waals surface area (Å²) in [6.07, 6.45) is -11.2. The first kappa shape index (κ1) is 36.7. The van der Waals surface area contributed by atoms with Gasteiger partial charge in [0.25, 0.3) is 0 Å². The second-order valence-electron chi connectivity index (χ2n) is 8.61. The maximum absolute atomic E-state index is 14.2. The Morgan fingerprint density at radius 1 is 0.439 bits per heavy atom. The topological polar surface area (TPSA) is 20.2 Å². The van der Waals surface area contributed by atoms with E-state index in [2.05, 4.69) is 0 Å². The van der Waals surface area contributed by atoms with Crippen molar-refractivity contribution in [1.29, 1.82) is 0 Å². The molecule has 41 heavy (non-hydrogen) atoms. The molecule has 1 N–H and O–H groups in total. The van der Waals surface area contributed by atoms with Crippen LogP contribution >= 0.6 is 0 Å². The van der Waals surface area contributed by atoms with Gasteiger partial charge >= 0.3 is 59.5 Å². The summed E-state index contributed by atoms with van der Waals surface area (Å²) in [5.41, 5.74) is -4.32. The lowest BCUT2D eigenvalue weighted by molar-refractivity contribution is -0.474. The third-order valence-electron chi connectivity index (χ3n) is 5.54. The minimum absolute atomic E-state index is 0.134. The minimum atomic E-state index is -9.22. The van der Waals surface area contributed by atoms with Crippen LogP contribution in [-0.4, -0.2) is 64.6 Å². The molecule has 0 aliphatic rings. The van der Waals surface area contributed by atoms with Crippen LogP contribution in [0.2, 0.25) is 0 Å². The van der Waals surface area contributed by atoms with Gasteiger partial charge in [-0.25, -0.2) is 0 Å². The van der Waals surface area contributed by atoms with Crippen LogP contribution < -0.4 is 0 Å². The van der Waals surface area contributed by atoms with Gasteiger partial charge in [0.15, 0.2) is 0 Å². The van der Waals surface area contributed by atoms with Gasteiger partial charge in [-0.15, -0.1) is 0 Å². The third kappa shape index (κ3) is 4.94. The number of rotatable bonds is 11. The van der Waals surface area contributed by atoms with Crippen molar-refractivity contribution < 1.29 is 97.3 Å². The number of hydrogen-bond acceptors (Lipinski definition) is 1. The Morgan fingerprint density at radius 2 is 0.707 bits per heavy atom. The molecular weight excluding hydrogens is 643 g/mol. The first-order valence-electron chi connectivity index (χ1n) is 9.81. The van der Waals surface area contributed by atoms with Crippen LogP contribution in [0.3, 0.4) is 0 Å². The van der Waals surface area contributed by atoms with E-state index in [0.717, 1.165) is 18.2 Å². The normalized spacial score (nSPS) is 17.4. The predicted molar refractivity (Wildman–Crippen MR) is 91.2 cm³/mol. The monoisotopic (exact) mass is 654 g/mol. The molecule has 0 spiro atoms. The zero-order valence-corrected chi connectivity index (χ0v) is 19.0. The molecule has 0 aliphatic carbocycles. The van der Waals surface area contributed by atoms with Crippen LogP contribution in [0.15, 0.2) is 30.3 Å². The molecule has 0 fully saturated rings. The Balaban J connectivity index is 3.74. The second-order valence-corrected chi connectivity index (χ2v) is 8.61. The molecule has 1 unspecified atom stereocenters. The number of halogens is 21. The lowest BCUT2D eigenvalue weighted by atomic mass is 9.82. The molecule has 240 valence electrons. The molecule has 1 rings (SSSR count). The van der Waals surface area contributed by atoms with E-state index in [-0.39, 0.29) is 6.92 Å². The molecule has 1 nitrogen and oxygen atoms in total. The van der Waals surface area contributed by atoms with E-state index in [9.17, 15) is 97.3 Å². The van der Waals surface area contributed by atoms with Gasteiger partial charge in [0.2, 0.25) is 0 Å². The van der Waals surface area contributed by atoms with Crippen LogP contribution in [0.1, 0.15) is 18.9 Å². The van der Waals surface area contributed by atoms with Crippen LogP contribution in [-0.2, 0) is 5.60 Å². The molecule has 0 aromatic heterocycles. The fourth-order valence-corrected chi connectivity index (χ4v) is 3.03. The van der Waals surface area contributed by atoms with Crippen LogP contribution in [0, 0.1) is 0 Å². The Hall–Kier alpha value is -2.29. The molecule has 0 aliphatic heterocycles. The number of benzene rings is 1. The molecule has 0 saturated heterocycles. The van der Waals surface area contributed by atoms with Crippen molar-refractivity contribution >= 4 is 0 Å². The first-order valence-corrected chi connectivity index (χ1v) is 9.81. The highest BCUT2D eigenvalue weighted by Crippen LogP contribution is 2.66. The van der Waals surface area contributed by atoms with Crippen molar-refractivity contribution in [1.82, 2.24) is 0 Å². The van der Waals surface area contributed by atoms with Crippen molar-refractivity contribution in [2.45, 2.75) is 78.4 Å². The largest absolute Gasteiger partial charge is 0.460 e. The number of aliphatic hydroxyl groups is 1. The Bertz CT molecular complexity index is 1070. The van der Waals surface area contributed by atoms with E-state index >= 15 is 0 Å². The highest BCUT2D eigenvalue weighted by atomic mass is 19.4. The molecule has 22 heteroatoms. The van der Waals surface area contributed by atoms with Crippen LogP contribution in [0.4, 0.5) is 92.2 Å². The zero-order valence-electron chi connectivity index (χ0n) is 19.0. The van der Waals surface area contributed by atoms with E-state index < -0.39 is 77.1 Å². The number of hydrogen-bond donors (Lipinski definition) is 1. The first-order chi connectivity index (χ1) is 17.6.